The molecule has 4 aromatic rings. The smallest absolute Gasteiger partial charge is 0.295 e. The maximum atomic E-state index is 12.9. The quantitative estimate of drug-likeness (QED) is 0.350. The molecule has 0 spiro atoms. The van der Waals surface area contributed by atoms with E-state index in [1.165, 1.54) is 16.4 Å². The second kappa shape index (κ2) is 10.5. The van der Waals surface area contributed by atoms with Crippen LogP contribution in [-0.4, -0.2) is 45.4 Å². The first kappa shape index (κ1) is 24.1. The molecule has 0 radical (unpaired) electrons. The third kappa shape index (κ3) is 5.09. The van der Waals surface area contributed by atoms with Crippen LogP contribution < -0.4 is 20.3 Å². The van der Waals surface area contributed by atoms with Crippen molar-refractivity contribution in [1.82, 2.24) is 19.6 Å². The van der Waals surface area contributed by atoms with Gasteiger partial charge in [-0.2, -0.15) is 0 Å². The van der Waals surface area contributed by atoms with Crippen molar-refractivity contribution in [3.05, 3.63) is 64.6 Å². The summed E-state index contributed by atoms with van der Waals surface area (Å²) in [6.45, 7) is 1.79. The van der Waals surface area contributed by atoms with Gasteiger partial charge in [0.2, 0.25) is 5.91 Å². The zero-order chi connectivity index (χ0) is 24.9. The molecule has 2 aromatic heterocycles. The van der Waals surface area contributed by atoms with Crippen molar-refractivity contribution in [2.24, 2.45) is 7.05 Å². The Bertz CT molecular complexity index is 1390. The second-order valence-electron chi connectivity index (χ2n) is 7.52. The van der Waals surface area contributed by atoms with Gasteiger partial charge in [0.15, 0.2) is 0 Å². The Morgan fingerprint density at radius 1 is 1.11 bits per heavy atom. The van der Waals surface area contributed by atoms with E-state index in [2.05, 4.69) is 15.5 Å². The summed E-state index contributed by atoms with van der Waals surface area (Å²) >= 11 is 1.25. The lowest BCUT2D eigenvalue weighted by atomic mass is 10.2. The van der Waals surface area contributed by atoms with Crippen LogP contribution in [0, 0.1) is 6.92 Å². The highest BCUT2D eigenvalue weighted by molar-refractivity contribution is 7.99. The van der Waals surface area contributed by atoms with Crippen LogP contribution in [0.4, 0.5) is 5.69 Å². The highest BCUT2D eigenvalue weighted by Crippen LogP contribution is 2.33. The summed E-state index contributed by atoms with van der Waals surface area (Å²) in [5.41, 5.74) is 2.00. The van der Waals surface area contributed by atoms with Crippen molar-refractivity contribution >= 4 is 23.4 Å². The average molecular weight is 496 g/mol. The van der Waals surface area contributed by atoms with Gasteiger partial charge in [0.1, 0.15) is 17.2 Å². The Hall–Kier alpha value is -3.99. The average Bonchev–Trinajstić information content (AvgIpc) is 3.42. The number of rotatable bonds is 9. The van der Waals surface area contributed by atoms with Crippen molar-refractivity contribution in [2.45, 2.75) is 18.6 Å². The number of thioether (sulfide) groups is 1. The zero-order valence-corrected chi connectivity index (χ0v) is 20.6. The third-order valence-electron chi connectivity index (χ3n) is 5.42. The van der Waals surface area contributed by atoms with Crippen molar-refractivity contribution in [3.8, 4) is 28.6 Å². The summed E-state index contributed by atoms with van der Waals surface area (Å²) in [5, 5.41) is 11.2. The summed E-state index contributed by atoms with van der Waals surface area (Å²) in [6.07, 6.45) is 0.160. The van der Waals surface area contributed by atoms with Gasteiger partial charge >= 0.3 is 0 Å². The number of anilines is 1. The van der Waals surface area contributed by atoms with Crippen LogP contribution in [-0.2, 0) is 11.8 Å². The standard InChI is InChI=1S/C24H25N5O5S/c1-15-21(23(31)29(28(15)2)16-8-6-5-7-9-16)25-20(30)12-13-35-24-27-26-22(34-24)18-11-10-17(32-3)14-19(18)33-4/h5-11,14H,12-13H2,1-4H3,(H,25,30). The fraction of sp³-hybridized carbons (Fsp3) is 0.250. The predicted octanol–water partition coefficient (Wildman–Crippen LogP) is 3.67. The summed E-state index contributed by atoms with van der Waals surface area (Å²) in [6, 6.07) is 14.5. The molecule has 0 atom stereocenters. The van der Waals surface area contributed by atoms with Gasteiger partial charge in [-0.15, -0.1) is 10.2 Å². The Balaban J connectivity index is 1.38. The van der Waals surface area contributed by atoms with Gasteiger partial charge in [0.05, 0.1) is 31.2 Å². The number of amides is 1. The van der Waals surface area contributed by atoms with Crippen molar-refractivity contribution in [3.63, 3.8) is 0 Å². The maximum absolute atomic E-state index is 12.9. The number of carbonyl (C=O) groups excluding carboxylic acids is 1. The Morgan fingerprint density at radius 3 is 2.60 bits per heavy atom. The Labute approximate surface area is 205 Å². The monoisotopic (exact) mass is 495 g/mol. The molecule has 2 aromatic carbocycles. The number of aromatic nitrogens is 4. The molecule has 182 valence electrons. The minimum Gasteiger partial charge on any atom is -0.497 e. The van der Waals surface area contributed by atoms with Crippen LogP contribution >= 0.6 is 11.8 Å². The molecule has 0 fully saturated rings. The molecule has 1 N–H and O–H groups in total. The summed E-state index contributed by atoms with van der Waals surface area (Å²) in [7, 11) is 4.90. The van der Waals surface area contributed by atoms with E-state index in [4.69, 9.17) is 13.9 Å². The molecule has 4 rings (SSSR count). The fourth-order valence-corrected chi connectivity index (χ4v) is 4.20. The van der Waals surface area contributed by atoms with E-state index in [-0.39, 0.29) is 23.6 Å². The number of hydrogen-bond donors (Lipinski definition) is 1. The van der Waals surface area contributed by atoms with Gasteiger partial charge in [-0.1, -0.05) is 30.0 Å². The van der Waals surface area contributed by atoms with Crippen molar-refractivity contribution < 1.29 is 18.7 Å². The first-order valence-electron chi connectivity index (χ1n) is 10.8. The van der Waals surface area contributed by atoms with E-state index in [0.29, 0.717) is 39.6 Å². The molecule has 0 aliphatic carbocycles. The van der Waals surface area contributed by atoms with Crippen LogP contribution in [0.5, 0.6) is 11.5 Å². The number of carbonyl (C=O) groups is 1. The molecule has 10 nitrogen and oxygen atoms in total. The van der Waals surface area contributed by atoms with Gasteiger partial charge in [-0.25, -0.2) is 4.68 Å². The fourth-order valence-electron chi connectivity index (χ4n) is 3.50. The summed E-state index contributed by atoms with van der Waals surface area (Å²) < 4.78 is 19.5. The van der Waals surface area contributed by atoms with Crippen LogP contribution in [0.2, 0.25) is 0 Å². The lowest BCUT2D eigenvalue weighted by Gasteiger charge is -2.07. The van der Waals surface area contributed by atoms with E-state index in [1.54, 1.807) is 51.1 Å². The molecular formula is C24H25N5O5S. The molecule has 0 saturated carbocycles. The largest absolute Gasteiger partial charge is 0.497 e. The number of nitrogens with zero attached hydrogens (tertiary/aromatic N) is 4. The number of para-hydroxylation sites is 1. The van der Waals surface area contributed by atoms with Crippen LogP contribution in [0.3, 0.4) is 0 Å². The van der Waals surface area contributed by atoms with Crippen LogP contribution in [0.1, 0.15) is 12.1 Å². The van der Waals surface area contributed by atoms with Gasteiger partial charge < -0.3 is 19.2 Å². The Morgan fingerprint density at radius 2 is 1.89 bits per heavy atom. The number of benzene rings is 2. The van der Waals surface area contributed by atoms with E-state index in [9.17, 15) is 9.59 Å². The normalized spacial score (nSPS) is 10.9. The van der Waals surface area contributed by atoms with E-state index < -0.39 is 0 Å². The highest BCUT2D eigenvalue weighted by atomic mass is 32.2. The topological polar surface area (TPSA) is 113 Å². The van der Waals surface area contributed by atoms with Crippen molar-refractivity contribution in [1.29, 1.82) is 0 Å². The van der Waals surface area contributed by atoms with Gasteiger partial charge in [0, 0.05) is 25.3 Å². The van der Waals surface area contributed by atoms with Crippen molar-refractivity contribution in [2.75, 3.05) is 25.3 Å². The van der Waals surface area contributed by atoms with Crippen LogP contribution in [0.15, 0.2) is 63.0 Å². The highest BCUT2D eigenvalue weighted by Gasteiger charge is 2.19. The van der Waals surface area contributed by atoms with Gasteiger partial charge in [-0.3, -0.25) is 14.3 Å². The second-order valence-corrected chi connectivity index (χ2v) is 8.57. The molecular weight excluding hydrogens is 470 g/mol. The maximum Gasteiger partial charge on any atom is 0.295 e. The number of hydrogen-bond acceptors (Lipinski definition) is 8. The summed E-state index contributed by atoms with van der Waals surface area (Å²) in [5.74, 6) is 1.61. The van der Waals surface area contributed by atoms with E-state index in [1.807, 2.05) is 30.3 Å². The molecule has 0 aliphatic heterocycles. The van der Waals surface area contributed by atoms with E-state index >= 15 is 0 Å². The molecule has 0 saturated heterocycles. The zero-order valence-electron chi connectivity index (χ0n) is 19.8. The minimum atomic E-state index is -0.285. The first-order chi connectivity index (χ1) is 16.9. The molecule has 35 heavy (non-hydrogen) atoms. The molecule has 0 aliphatic rings. The van der Waals surface area contributed by atoms with Crippen LogP contribution in [0.25, 0.3) is 17.1 Å². The third-order valence-corrected chi connectivity index (χ3v) is 6.24. The lowest BCUT2D eigenvalue weighted by Crippen LogP contribution is -2.23. The first-order valence-corrected chi connectivity index (χ1v) is 11.7. The lowest BCUT2D eigenvalue weighted by molar-refractivity contribution is -0.115. The summed E-state index contributed by atoms with van der Waals surface area (Å²) in [4.78, 5) is 25.5. The van der Waals surface area contributed by atoms with Gasteiger partial charge in [-0.05, 0) is 31.2 Å². The molecule has 11 heteroatoms. The van der Waals surface area contributed by atoms with E-state index in [0.717, 1.165) is 5.69 Å². The molecule has 0 unspecified atom stereocenters. The van der Waals surface area contributed by atoms with Gasteiger partial charge in [0.25, 0.3) is 16.7 Å². The number of ether oxygens (including phenoxy) is 2. The molecule has 1 amide bonds. The SMILES string of the molecule is COc1ccc(-c2nnc(SCCC(=O)Nc3c(C)n(C)n(-c4ccccc4)c3=O)o2)c(OC)c1. The Kier molecular flexibility index (Phi) is 7.25. The number of nitrogens with one attached hydrogen (secondary N) is 1. The predicted molar refractivity (Wildman–Crippen MR) is 133 cm³/mol. The molecule has 0 bridgehead atoms. The molecule has 2 heterocycles. The number of methoxy groups -OCH3 is 2. The minimum absolute atomic E-state index is 0.160.